The maximum atomic E-state index is 13.0. The second kappa shape index (κ2) is 4.75. The lowest BCUT2D eigenvalue weighted by Crippen LogP contribution is -2.57. The first-order valence-corrected chi connectivity index (χ1v) is 8.32. The molecule has 1 aliphatic carbocycles. The topological polar surface area (TPSA) is 49.3 Å². The number of rotatable bonds is 1. The second-order valence-electron chi connectivity index (χ2n) is 7.49. The Morgan fingerprint density at radius 3 is 2.77 bits per heavy atom. The number of likely N-dealkylation sites (N-methyl/N-ethyl adjacent to an activating group) is 1. The van der Waals surface area contributed by atoms with Crippen molar-refractivity contribution < 1.29 is 4.79 Å². The molecule has 1 aromatic rings. The van der Waals surface area contributed by atoms with Gasteiger partial charge in [-0.25, -0.2) is 4.98 Å². The van der Waals surface area contributed by atoms with Gasteiger partial charge in [-0.05, 0) is 39.7 Å². The number of amides is 1. The van der Waals surface area contributed by atoms with E-state index in [1.54, 1.807) is 12.4 Å². The molecule has 2 aliphatic heterocycles. The minimum Gasteiger partial charge on any atom is -0.332 e. The molecule has 22 heavy (non-hydrogen) atoms. The molecule has 3 aliphatic rings. The van der Waals surface area contributed by atoms with E-state index in [1.165, 1.54) is 19.3 Å². The van der Waals surface area contributed by atoms with Crippen LogP contribution in [-0.2, 0) is 0 Å². The van der Waals surface area contributed by atoms with Crippen LogP contribution in [0.25, 0.3) is 0 Å². The van der Waals surface area contributed by atoms with E-state index in [2.05, 4.69) is 33.7 Å². The lowest BCUT2D eigenvalue weighted by atomic mass is 9.66. The normalized spacial score (nSPS) is 37.4. The van der Waals surface area contributed by atoms with Crippen LogP contribution in [0.1, 0.15) is 48.8 Å². The molecule has 3 fully saturated rings. The zero-order valence-corrected chi connectivity index (χ0v) is 13.6. The minimum absolute atomic E-state index is 0.0596. The maximum absolute atomic E-state index is 13.0. The molecule has 4 rings (SSSR count). The van der Waals surface area contributed by atoms with Crippen LogP contribution in [-0.4, -0.2) is 57.4 Å². The van der Waals surface area contributed by atoms with E-state index < -0.39 is 0 Å². The Bertz CT molecular complexity index is 601. The highest BCUT2D eigenvalue weighted by Crippen LogP contribution is 2.53. The van der Waals surface area contributed by atoms with Gasteiger partial charge in [0.05, 0.1) is 11.9 Å². The van der Waals surface area contributed by atoms with Crippen molar-refractivity contribution in [3.63, 3.8) is 0 Å². The third kappa shape index (κ3) is 1.84. The highest BCUT2D eigenvalue weighted by atomic mass is 16.2. The van der Waals surface area contributed by atoms with Crippen LogP contribution in [0.2, 0.25) is 0 Å². The summed E-state index contributed by atoms with van der Waals surface area (Å²) >= 11 is 0. The van der Waals surface area contributed by atoms with Crippen molar-refractivity contribution in [1.29, 1.82) is 0 Å². The van der Waals surface area contributed by atoms with Crippen molar-refractivity contribution >= 4 is 5.91 Å². The standard InChI is InChI=1S/C17H24N4O/c1-11-8-19-13(9-18-11)16(22)21-10-12-7-17(2)14(20(12)3)5-4-6-15(17)21/h8-9,12,14-15H,4-7,10H2,1-3H3/t12-,14-,15+,17-/m0/s1. The molecule has 1 saturated carbocycles. The van der Waals surface area contributed by atoms with E-state index in [0.29, 0.717) is 23.8 Å². The van der Waals surface area contributed by atoms with Crippen LogP contribution in [0.15, 0.2) is 12.4 Å². The van der Waals surface area contributed by atoms with Gasteiger partial charge in [-0.1, -0.05) is 6.92 Å². The molecule has 3 heterocycles. The van der Waals surface area contributed by atoms with Gasteiger partial charge in [-0.3, -0.25) is 14.7 Å². The Morgan fingerprint density at radius 1 is 1.27 bits per heavy atom. The third-order valence-electron chi connectivity index (χ3n) is 6.27. The number of hydrogen-bond donors (Lipinski definition) is 0. The number of nitrogens with zero attached hydrogens (tertiary/aromatic N) is 4. The van der Waals surface area contributed by atoms with E-state index in [9.17, 15) is 4.79 Å². The van der Waals surface area contributed by atoms with Crippen LogP contribution < -0.4 is 0 Å². The SMILES string of the molecule is Cc1cnc(C(=O)N2C[C@@H]3C[C@@]4(C)[C@H](CCC[C@@H]24)N3C)cn1. The smallest absolute Gasteiger partial charge is 0.274 e. The molecule has 0 spiro atoms. The molecule has 0 N–H and O–H groups in total. The molecule has 4 atom stereocenters. The fourth-order valence-electron chi connectivity index (χ4n) is 5.17. The maximum Gasteiger partial charge on any atom is 0.274 e. The van der Waals surface area contributed by atoms with Crippen molar-refractivity contribution in [3.8, 4) is 0 Å². The Labute approximate surface area is 131 Å². The van der Waals surface area contributed by atoms with Gasteiger partial charge < -0.3 is 4.90 Å². The molecule has 2 bridgehead atoms. The predicted molar refractivity (Wildman–Crippen MR) is 83.5 cm³/mol. The molecule has 0 radical (unpaired) electrons. The highest BCUT2D eigenvalue weighted by molar-refractivity contribution is 5.92. The molecule has 1 amide bonds. The van der Waals surface area contributed by atoms with E-state index in [-0.39, 0.29) is 11.3 Å². The Morgan fingerprint density at radius 2 is 2.05 bits per heavy atom. The summed E-state index contributed by atoms with van der Waals surface area (Å²) in [7, 11) is 2.24. The zero-order chi connectivity index (χ0) is 15.5. The fourth-order valence-corrected chi connectivity index (χ4v) is 5.17. The van der Waals surface area contributed by atoms with Gasteiger partial charge in [0.2, 0.25) is 0 Å². The number of fused-ring (bicyclic) bond motifs is 1. The molecule has 0 unspecified atom stereocenters. The Kier molecular flexibility index (Phi) is 3.05. The van der Waals surface area contributed by atoms with E-state index >= 15 is 0 Å². The minimum atomic E-state index is 0.0596. The Hall–Kier alpha value is -1.49. The van der Waals surface area contributed by atoms with Gasteiger partial charge in [0.15, 0.2) is 0 Å². The first kappa shape index (κ1) is 14.1. The molecule has 1 aromatic heterocycles. The number of carbonyl (C=O) groups is 1. The molecular formula is C17H24N4O. The van der Waals surface area contributed by atoms with Gasteiger partial charge in [0.25, 0.3) is 5.91 Å². The molecule has 118 valence electrons. The summed E-state index contributed by atoms with van der Waals surface area (Å²) in [6.45, 7) is 5.12. The average molecular weight is 300 g/mol. The van der Waals surface area contributed by atoms with Gasteiger partial charge in [-0.15, -0.1) is 0 Å². The lowest BCUT2D eigenvalue weighted by molar-refractivity contribution is 0.0113. The average Bonchev–Trinajstić information content (AvgIpc) is 2.76. The van der Waals surface area contributed by atoms with Crippen molar-refractivity contribution in [1.82, 2.24) is 19.8 Å². The van der Waals surface area contributed by atoms with Crippen LogP contribution in [0.4, 0.5) is 0 Å². The van der Waals surface area contributed by atoms with Crippen molar-refractivity contribution in [3.05, 3.63) is 23.8 Å². The first-order valence-electron chi connectivity index (χ1n) is 8.32. The van der Waals surface area contributed by atoms with Gasteiger partial charge in [-0.2, -0.15) is 0 Å². The summed E-state index contributed by atoms with van der Waals surface area (Å²) in [6, 6.07) is 1.47. The van der Waals surface area contributed by atoms with Gasteiger partial charge in [0.1, 0.15) is 5.69 Å². The summed E-state index contributed by atoms with van der Waals surface area (Å²) in [5.41, 5.74) is 1.57. The molecule has 5 nitrogen and oxygen atoms in total. The number of piperidine rings is 1. The summed E-state index contributed by atoms with van der Waals surface area (Å²) in [6.07, 6.45) is 8.14. The van der Waals surface area contributed by atoms with E-state index in [1.807, 2.05) is 6.92 Å². The Balaban J connectivity index is 1.68. The quantitative estimate of drug-likeness (QED) is 0.794. The number of hydrogen-bond acceptors (Lipinski definition) is 4. The van der Waals surface area contributed by atoms with Crippen LogP contribution >= 0.6 is 0 Å². The monoisotopic (exact) mass is 300 g/mol. The zero-order valence-electron chi connectivity index (χ0n) is 13.6. The van der Waals surface area contributed by atoms with Crippen LogP contribution in [0.3, 0.4) is 0 Å². The number of likely N-dealkylation sites (tertiary alicyclic amines) is 2. The van der Waals surface area contributed by atoms with E-state index in [0.717, 1.165) is 18.7 Å². The highest BCUT2D eigenvalue weighted by Gasteiger charge is 2.59. The second-order valence-corrected chi connectivity index (χ2v) is 7.49. The largest absolute Gasteiger partial charge is 0.332 e. The molecular weight excluding hydrogens is 276 g/mol. The third-order valence-corrected chi connectivity index (χ3v) is 6.27. The first-order chi connectivity index (χ1) is 10.5. The lowest BCUT2D eigenvalue weighted by Gasteiger charge is -2.50. The molecule has 2 saturated heterocycles. The summed E-state index contributed by atoms with van der Waals surface area (Å²) in [5.74, 6) is 0.0596. The predicted octanol–water partition coefficient (Wildman–Crippen LogP) is 1.87. The number of aromatic nitrogens is 2. The summed E-state index contributed by atoms with van der Waals surface area (Å²) < 4.78 is 0. The van der Waals surface area contributed by atoms with Crippen molar-refractivity contribution in [2.45, 2.75) is 57.7 Å². The van der Waals surface area contributed by atoms with Gasteiger partial charge in [0, 0.05) is 36.3 Å². The fraction of sp³-hybridized carbons (Fsp3) is 0.706. The summed E-state index contributed by atoms with van der Waals surface area (Å²) in [4.78, 5) is 26.2. The van der Waals surface area contributed by atoms with E-state index in [4.69, 9.17) is 0 Å². The number of carbonyl (C=O) groups excluding carboxylic acids is 1. The van der Waals surface area contributed by atoms with Gasteiger partial charge >= 0.3 is 0 Å². The molecule has 0 aromatic carbocycles. The number of aryl methyl sites for hydroxylation is 1. The van der Waals surface area contributed by atoms with Crippen molar-refractivity contribution in [2.75, 3.05) is 13.6 Å². The van der Waals surface area contributed by atoms with Crippen LogP contribution in [0.5, 0.6) is 0 Å². The van der Waals surface area contributed by atoms with Crippen LogP contribution in [0, 0.1) is 12.3 Å². The van der Waals surface area contributed by atoms with Crippen molar-refractivity contribution in [2.24, 2.45) is 5.41 Å². The summed E-state index contributed by atoms with van der Waals surface area (Å²) in [5, 5.41) is 0. The molecule has 5 heteroatoms.